The quantitative estimate of drug-likeness (QED) is 0.210. The summed E-state index contributed by atoms with van der Waals surface area (Å²) in [6.07, 6.45) is 11.7. The van der Waals surface area contributed by atoms with Crippen molar-refractivity contribution in [1.29, 1.82) is 0 Å². The third kappa shape index (κ3) is 9.72. The van der Waals surface area contributed by atoms with Crippen molar-refractivity contribution in [3.63, 3.8) is 0 Å². The molecule has 0 aliphatic carbocycles. The van der Waals surface area contributed by atoms with Crippen LogP contribution in [0.25, 0.3) is 0 Å². The van der Waals surface area contributed by atoms with Crippen molar-refractivity contribution in [2.24, 2.45) is 5.92 Å². The minimum absolute atomic E-state index is 0.165. The molecule has 0 aromatic carbocycles. The van der Waals surface area contributed by atoms with Gasteiger partial charge in [0.2, 0.25) is 0 Å². The average Bonchev–Trinajstić information content (AvgIpc) is 2.62. The first-order valence-corrected chi connectivity index (χ1v) is 9.37. The Bertz CT molecular complexity index is 271. The topological polar surface area (TPSA) is 54.0 Å². The molecule has 0 saturated heterocycles. The second-order valence-electron chi connectivity index (χ2n) is 6.18. The van der Waals surface area contributed by atoms with E-state index in [2.05, 4.69) is 6.92 Å². The molecule has 0 aliphatic rings. The summed E-state index contributed by atoms with van der Waals surface area (Å²) in [4.78, 5) is 10.3. The van der Waals surface area contributed by atoms with Crippen LogP contribution in [0.3, 0.4) is 0 Å². The molecule has 5 heteroatoms. The normalized spacial score (nSPS) is 13.2. The Kier molecular flexibility index (Phi) is 15.7. The molecule has 1 atom stereocenters. The number of hydrogen-bond acceptors (Lipinski definition) is 5. The van der Waals surface area contributed by atoms with Crippen molar-refractivity contribution in [3.05, 3.63) is 0 Å². The Hall–Kier alpha value is -0.490. The number of carbonyl (C=O) groups is 1. The summed E-state index contributed by atoms with van der Waals surface area (Å²) in [6.45, 7) is 3.38. The zero-order valence-electron chi connectivity index (χ0n) is 16.2. The van der Waals surface area contributed by atoms with Crippen LogP contribution in [0.1, 0.15) is 71.1 Å². The summed E-state index contributed by atoms with van der Waals surface area (Å²) >= 11 is 0. The monoisotopic (exact) mass is 346 g/mol. The molecule has 0 radical (unpaired) electrons. The van der Waals surface area contributed by atoms with Crippen LogP contribution in [0.2, 0.25) is 0 Å². The Morgan fingerprint density at radius 2 is 1.42 bits per heavy atom. The van der Waals surface area contributed by atoms with Gasteiger partial charge < -0.3 is 23.7 Å². The highest BCUT2D eigenvalue weighted by molar-refractivity contribution is 5.49. The highest BCUT2D eigenvalue weighted by atomic mass is 16.9. The van der Waals surface area contributed by atoms with Gasteiger partial charge in [-0.1, -0.05) is 45.4 Å². The minimum Gasteiger partial charge on any atom is -0.381 e. The van der Waals surface area contributed by atoms with Crippen LogP contribution < -0.4 is 0 Å². The van der Waals surface area contributed by atoms with E-state index in [0.29, 0.717) is 19.6 Å². The van der Waals surface area contributed by atoms with Gasteiger partial charge in [0.25, 0.3) is 5.97 Å². The second kappa shape index (κ2) is 16.0. The van der Waals surface area contributed by atoms with Crippen molar-refractivity contribution in [2.45, 2.75) is 77.1 Å². The third-order valence-corrected chi connectivity index (χ3v) is 4.48. The summed E-state index contributed by atoms with van der Waals surface area (Å²) in [6, 6.07) is 0. The zero-order valence-corrected chi connectivity index (χ0v) is 16.2. The summed E-state index contributed by atoms with van der Waals surface area (Å²) in [7, 11) is 4.88. The van der Waals surface area contributed by atoms with Crippen LogP contribution in [0, 0.1) is 5.92 Å². The summed E-state index contributed by atoms with van der Waals surface area (Å²) in [5.41, 5.74) is 0. The highest BCUT2D eigenvalue weighted by Gasteiger charge is 2.39. The summed E-state index contributed by atoms with van der Waals surface area (Å²) < 4.78 is 22.1. The molecular weight excluding hydrogens is 308 g/mol. The Morgan fingerprint density at radius 1 is 0.833 bits per heavy atom. The molecular formula is C19H38O5. The lowest BCUT2D eigenvalue weighted by molar-refractivity contribution is -0.380. The molecule has 0 rings (SSSR count). The fourth-order valence-electron chi connectivity index (χ4n) is 3.08. The van der Waals surface area contributed by atoms with Crippen LogP contribution in [-0.2, 0) is 23.7 Å². The lowest BCUT2D eigenvalue weighted by atomic mass is 9.93. The van der Waals surface area contributed by atoms with Gasteiger partial charge in [-0.05, 0) is 19.3 Å². The highest BCUT2D eigenvalue weighted by Crippen LogP contribution is 2.32. The van der Waals surface area contributed by atoms with Crippen molar-refractivity contribution >= 4 is 6.29 Å². The molecule has 144 valence electrons. The SMILES string of the molecule is CCCCCCCCC(CCCOCCC=O)C(OC)(OC)OC. The average molecular weight is 347 g/mol. The molecule has 0 N–H and O–H groups in total. The first-order valence-electron chi connectivity index (χ1n) is 9.37. The van der Waals surface area contributed by atoms with E-state index in [9.17, 15) is 4.79 Å². The summed E-state index contributed by atoms with van der Waals surface area (Å²) in [5.74, 6) is -0.815. The molecule has 0 bridgehead atoms. The van der Waals surface area contributed by atoms with Crippen molar-refractivity contribution < 1.29 is 23.7 Å². The van der Waals surface area contributed by atoms with Crippen molar-refractivity contribution in [1.82, 2.24) is 0 Å². The summed E-state index contributed by atoms with van der Waals surface area (Å²) in [5, 5.41) is 0. The molecule has 0 aromatic rings. The molecule has 0 amide bonds. The largest absolute Gasteiger partial charge is 0.381 e. The Morgan fingerprint density at radius 3 is 2.00 bits per heavy atom. The molecule has 0 fully saturated rings. The molecule has 1 unspecified atom stereocenters. The van der Waals surface area contributed by atoms with E-state index in [1.54, 1.807) is 21.3 Å². The Labute approximate surface area is 148 Å². The molecule has 0 aromatic heterocycles. The van der Waals surface area contributed by atoms with Gasteiger partial charge in [-0.3, -0.25) is 0 Å². The maximum absolute atomic E-state index is 10.3. The van der Waals surface area contributed by atoms with Gasteiger partial charge in [-0.15, -0.1) is 0 Å². The number of carbonyl (C=O) groups excluding carboxylic acids is 1. The number of hydrogen-bond donors (Lipinski definition) is 0. The predicted octanol–water partition coefficient (Wildman–Crippen LogP) is 4.33. The van der Waals surface area contributed by atoms with Crippen LogP contribution in [0.4, 0.5) is 0 Å². The van der Waals surface area contributed by atoms with Crippen LogP contribution in [0.15, 0.2) is 0 Å². The van der Waals surface area contributed by atoms with Crippen LogP contribution in [-0.4, -0.2) is 46.8 Å². The Balaban J connectivity index is 4.30. The third-order valence-electron chi connectivity index (χ3n) is 4.48. The smallest absolute Gasteiger partial charge is 0.285 e. The van der Waals surface area contributed by atoms with Gasteiger partial charge in [0.05, 0.1) is 6.61 Å². The van der Waals surface area contributed by atoms with E-state index >= 15 is 0 Å². The maximum atomic E-state index is 10.3. The number of ether oxygens (including phenoxy) is 4. The first kappa shape index (κ1) is 23.5. The fraction of sp³-hybridized carbons (Fsp3) is 0.947. The lowest BCUT2D eigenvalue weighted by Crippen LogP contribution is -2.44. The number of rotatable bonds is 18. The maximum Gasteiger partial charge on any atom is 0.285 e. The minimum atomic E-state index is -0.980. The molecule has 0 heterocycles. The van der Waals surface area contributed by atoms with Gasteiger partial charge in [0.1, 0.15) is 6.29 Å². The first-order chi connectivity index (χ1) is 11.7. The molecule has 24 heavy (non-hydrogen) atoms. The molecule has 0 aliphatic heterocycles. The van der Waals surface area contributed by atoms with E-state index in [0.717, 1.165) is 32.0 Å². The van der Waals surface area contributed by atoms with Gasteiger partial charge in [-0.25, -0.2) is 0 Å². The van der Waals surface area contributed by atoms with E-state index in [-0.39, 0.29) is 5.92 Å². The van der Waals surface area contributed by atoms with Crippen molar-refractivity contribution in [3.8, 4) is 0 Å². The number of aldehydes is 1. The molecule has 0 spiro atoms. The van der Waals surface area contributed by atoms with Gasteiger partial charge >= 0.3 is 0 Å². The standard InChI is InChI=1S/C19H38O5/c1-5-6-7-8-9-10-13-18(19(21-2,22-3)23-4)14-11-16-24-17-12-15-20/h15,18H,5-14,16-17H2,1-4H3. The van der Waals surface area contributed by atoms with E-state index in [1.807, 2.05) is 0 Å². The van der Waals surface area contributed by atoms with Crippen LogP contribution >= 0.6 is 0 Å². The second-order valence-corrected chi connectivity index (χ2v) is 6.18. The van der Waals surface area contributed by atoms with E-state index < -0.39 is 5.97 Å². The van der Waals surface area contributed by atoms with Crippen molar-refractivity contribution in [2.75, 3.05) is 34.5 Å². The van der Waals surface area contributed by atoms with Gasteiger partial charge in [0.15, 0.2) is 0 Å². The van der Waals surface area contributed by atoms with E-state index in [1.165, 1.54) is 32.1 Å². The van der Waals surface area contributed by atoms with Gasteiger partial charge in [0, 0.05) is 40.3 Å². The van der Waals surface area contributed by atoms with Gasteiger partial charge in [-0.2, -0.15) is 0 Å². The lowest BCUT2D eigenvalue weighted by Gasteiger charge is -2.36. The zero-order chi connectivity index (χ0) is 18.1. The number of methoxy groups -OCH3 is 3. The van der Waals surface area contributed by atoms with E-state index in [4.69, 9.17) is 18.9 Å². The molecule has 0 saturated carbocycles. The molecule has 5 nitrogen and oxygen atoms in total. The van der Waals surface area contributed by atoms with Crippen LogP contribution in [0.5, 0.6) is 0 Å². The predicted molar refractivity (Wildman–Crippen MR) is 96.0 cm³/mol. The number of unbranched alkanes of at least 4 members (excludes halogenated alkanes) is 5. The fourth-order valence-corrected chi connectivity index (χ4v) is 3.08.